The molecule has 1 unspecified atom stereocenters. The molecule has 4 heteroatoms. The highest BCUT2D eigenvalue weighted by Crippen LogP contribution is 2.27. The summed E-state index contributed by atoms with van der Waals surface area (Å²) in [6, 6.07) is 0. The molecule has 0 aromatic rings. The molecular weight excluding hydrogens is 252 g/mol. The van der Waals surface area contributed by atoms with Crippen molar-refractivity contribution >= 4 is 5.91 Å². The quantitative estimate of drug-likeness (QED) is 0.801. The number of carbonyl (C=O) groups excluding carboxylic acids is 1. The Bertz CT molecular complexity index is 327. The summed E-state index contributed by atoms with van der Waals surface area (Å²) in [4.78, 5) is 14.6. The number of likely N-dealkylation sites (tertiary alicyclic amines) is 1. The van der Waals surface area contributed by atoms with Crippen LogP contribution in [0.1, 0.15) is 45.4 Å². The summed E-state index contributed by atoms with van der Waals surface area (Å²) in [5.41, 5.74) is 0. The van der Waals surface area contributed by atoms with Crippen molar-refractivity contribution in [3.63, 3.8) is 0 Å². The van der Waals surface area contributed by atoms with Crippen LogP contribution < -0.4 is 5.32 Å². The van der Waals surface area contributed by atoms with Crippen molar-refractivity contribution < 1.29 is 9.53 Å². The monoisotopic (exact) mass is 280 g/mol. The second-order valence-corrected chi connectivity index (χ2v) is 6.81. The first-order chi connectivity index (χ1) is 9.74. The number of nitrogens with zero attached hydrogens (tertiary/aromatic N) is 1. The van der Waals surface area contributed by atoms with Crippen molar-refractivity contribution in [1.82, 2.24) is 10.2 Å². The van der Waals surface area contributed by atoms with E-state index in [0.29, 0.717) is 17.9 Å². The van der Waals surface area contributed by atoms with Gasteiger partial charge in [-0.2, -0.15) is 0 Å². The highest BCUT2D eigenvalue weighted by Gasteiger charge is 2.39. The molecule has 2 heterocycles. The second-order valence-electron chi connectivity index (χ2n) is 6.81. The van der Waals surface area contributed by atoms with Gasteiger partial charge in [0.1, 0.15) is 6.10 Å². The molecular formula is C16H28N2O2. The molecule has 3 rings (SSSR count). The third-order valence-electron chi connectivity index (χ3n) is 5.25. The van der Waals surface area contributed by atoms with Gasteiger partial charge in [-0.15, -0.1) is 0 Å². The van der Waals surface area contributed by atoms with Crippen LogP contribution in [0.4, 0.5) is 0 Å². The molecule has 1 amide bonds. The average Bonchev–Trinajstić information content (AvgIpc) is 2.93. The zero-order valence-electron chi connectivity index (χ0n) is 12.6. The molecule has 3 aliphatic rings. The van der Waals surface area contributed by atoms with Crippen molar-refractivity contribution in [2.75, 3.05) is 26.2 Å². The lowest BCUT2D eigenvalue weighted by Crippen LogP contribution is -2.40. The first-order valence-electron chi connectivity index (χ1n) is 8.39. The van der Waals surface area contributed by atoms with E-state index in [9.17, 15) is 4.79 Å². The normalized spacial score (nSPS) is 33.0. The molecule has 20 heavy (non-hydrogen) atoms. The van der Waals surface area contributed by atoms with Gasteiger partial charge >= 0.3 is 0 Å². The van der Waals surface area contributed by atoms with E-state index in [0.717, 1.165) is 39.0 Å². The van der Waals surface area contributed by atoms with Crippen LogP contribution in [0.15, 0.2) is 0 Å². The van der Waals surface area contributed by atoms with E-state index < -0.39 is 0 Å². The fraction of sp³-hybridized carbons (Fsp3) is 0.938. The van der Waals surface area contributed by atoms with Crippen LogP contribution in [0.2, 0.25) is 0 Å². The van der Waals surface area contributed by atoms with Crippen molar-refractivity contribution in [1.29, 1.82) is 0 Å². The molecule has 2 aliphatic heterocycles. The number of fused-ring (bicyclic) bond motifs is 1. The van der Waals surface area contributed by atoms with E-state index in [1.165, 1.54) is 25.7 Å². The molecule has 4 nitrogen and oxygen atoms in total. The third-order valence-corrected chi connectivity index (χ3v) is 5.25. The summed E-state index contributed by atoms with van der Waals surface area (Å²) in [5.74, 6) is 1.55. The summed E-state index contributed by atoms with van der Waals surface area (Å²) in [5, 5.41) is 3.42. The molecule has 0 aromatic carbocycles. The lowest BCUT2D eigenvalue weighted by Gasteiger charge is -2.25. The number of carbonyl (C=O) groups is 1. The number of nitrogens with one attached hydrogen (secondary N) is 1. The summed E-state index contributed by atoms with van der Waals surface area (Å²) >= 11 is 0. The summed E-state index contributed by atoms with van der Waals surface area (Å²) in [7, 11) is 0. The van der Waals surface area contributed by atoms with E-state index in [1.807, 2.05) is 11.8 Å². The van der Waals surface area contributed by atoms with Crippen LogP contribution in [0.5, 0.6) is 0 Å². The van der Waals surface area contributed by atoms with Gasteiger partial charge < -0.3 is 15.0 Å². The zero-order chi connectivity index (χ0) is 13.9. The maximum Gasteiger partial charge on any atom is 0.251 e. The molecule has 114 valence electrons. The maximum absolute atomic E-state index is 12.5. The van der Waals surface area contributed by atoms with Gasteiger partial charge in [0.15, 0.2) is 0 Å². The number of ether oxygens (including phenoxy) is 1. The standard InChI is InChI=1S/C16H28N2O2/c1-12(20-15-6-4-2-3-5-7-15)16(19)18-10-13-8-17-9-14(13)11-18/h12-15,17H,2-11H2,1H3/t12?,13-,14+. The van der Waals surface area contributed by atoms with Crippen molar-refractivity contribution in [3.05, 3.63) is 0 Å². The zero-order valence-corrected chi connectivity index (χ0v) is 12.6. The topological polar surface area (TPSA) is 41.6 Å². The van der Waals surface area contributed by atoms with Crippen LogP contribution in [0.25, 0.3) is 0 Å². The number of amides is 1. The molecule has 3 atom stereocenters. The minimum absolute atomic E-state index is 0.212. The summed E-state index contributed by atoms with van der Waals surface area (Å²) in [6.45, 7) is 5.95. The van der Waals surface area contributed by atoms with Gasteiger partial charge in [-0.25, -0.2) is 0 Å². The molecule has 0 aromatic heterocycles. The predicted octanol–water partition coefficient (Wildman–Crippen LogP) is 1.79. The smallest absolute Gasteiger partial charge is 0.251 e. The van der Waals surface area contributed by atoms with Crippen LogP contribution in [-0.2, 0) is 9.53 Å². The Kier molecular flexibility index (Phi) is 4.61. The van der Waals surface area contributed by atoms with Crippen molar-refractivity contribution in [2.24, 2.45) is 11.8 Å². The minimum atomic E-state index is -0.259. The van der Waals surface area contributed by atoms with Crippen LogP contribution in [0, 0.1) is 11.8 Å². The Hall–Kier alpha value is -0.610. The van der Waals surface area contributed by atoms with Gasteiger partial charge in [-0.1, -0.05) is 25.7 Å². The summed E-state index contributed by atoms with van der Waals surface area (Å²) < 4.78 is 6.06. The molecule has 1 saturated carbocycles. The Labute approximate surface area is 122 Å². The van der Waals surface area contributed by atoms with Gasteiger partial charge in [0, 0.05) is 26.2 Å². The van der Waals surface area contributed by atoms with E-state index in [1.54, 1.807) is 0 Å². The largest absolute Gasteiger partial charge is 0.365 e. The van der Waals surface area contributed by atoms with E-state index in [4.69, 9.17) is 4.74 Å². The molecule has 0 spiro atoms. The molecule has 0 radical (unpaired) electrons. The SMILES string of the molecule is CC(OC1CCCCCC1)C(=O)N1C[C@H]2CNC[C@H]2C1. The number of hydrogen-bond donors (Lipinski definition) is 1. The number of hydrogen-bond acceptors (Lipinski definition) is 3. The van der Waals surface area contributed by atoms with E-state index in [-0.39, 0.29) is 12.0 Å². The fourth-order valence-electron chi connectivity index (χ4n) is 4.02. The van der Waals surface area contributed by atoms with Gasteiger partial charge in [0.2, 0.25) is 0 Å². The van der Waals surface area contributed by atoms with Crippen LogP contribution in [0.3, 0.4) is 0 Å². The Morgan fingerprint density at radius 1 is 1.10 bits per heavy atom. The minimum Gasteiger partial charge on any atom is -0.365 e. The second kappa shape index (κ2) is 6.44. The van der Waals surface area contributed by atoms with Gasteiger partial charge in [-0.05, 0) is 31.6 Å². The molecule has 2 saturated heterocycles. The van der Waals surface area contributed by atoms with Gasteiger partial charge in [-0.3, -0.25) is 4.79 Å². The molecule has 3 fully saturated rings. The predicted molar refractivity (Wildman–Crippen MR) is 78.5 cm³/mol. The van der Waals surface area contributed by atoms with Crippen molar-refractivity contribution in [3.8, 4) is 0 Å². The van der Waals surface area contributed by atoms with Crippen molar-refractivity contribution in [2.45, 2.75) is 57.7 Å². The highest BCUT2D eigenvalue weighted by atomic mass is 16.5. The molecule has 0 bridgehead atoms. The maximum atomic E-state index is 12.5. The Morgan fingerprint density at radius 3 is 2.30 bits per heavy atom. The van der Waals surface area contributed by atoms with Gasteiger partial charge in [0.05, 0.1) is 6.10 Å². The Balaban J connectivity index is 1.49. The first kappa shape index (κ1) is 14.3. The van der Waals surface area contributed by atoms with Crippen LogP contribution >= 0.6 is 0 Å². The first-order valence-corrected chi connectivity index (χ1v) is 8.39. The molecule has 1 N–H and O–H groups in total. The molecule has 1 aliphatic carbocycles. The highest BCUT2D eigenvalue weighted by molar-refractivity contribution is 5.80. The van der Waals surface area contributed by atoms with E-state index >= 15 is 0 Å². The van der Waals surface area contributed by atoms with Gasteiger partial charge in [0.25, 0.3) is 5.91 Å². The summed E-state index contributed by atoms with van der Waals surface area (Å²) in [6.07, 6.45) is 7.47. The third kappa shape index (κ3) is 3.17. The fourth-order valence-corrected chi connectivity index (χ4v) is 4.02. The lowest BCUT2D eigenvalue weighted by molar-refractivity contribution is -0.145. The van der Waals surface area contributed by atoms with E-state index in [2.05, 4.69) is 5.32 Å². The lowest BCUT2D eigenvalue weighted by atomic mass is 10.0. The average molecular weight is 280 g/mol. The number of rotatable bonds is 3. The Morgan fingerprint density at radius 2 is 1.70 bits per heavy atom. The van der Waals surface area contributed by atoms with Crippen LogP contribution in [-0.4, -0.2) is 49.2 Å².